The van der Waals surface area contributed by atoms with E-state index in [0.717, 1.165) is 17.6 Å². The van der Waals surface area contributed by atoms with E-state index in [9.17, 15) is 14.4 Å². The number of methoxy groups -OCH3 is 1. The highest BCUT2D eigenvalue weighted by molar-refractivity contribution is 6.63. The van der Waals surface area contributed by atoms with E-state index in [1.165, 1.54) is 14.0 Å². The van der Waals surface area contributed by atoms with Crippen molar-refractivity contribution < 1.29 is 19.1 Å². The third-order valence-electron chi connectivity index (χ3n) is 4.85. The first-order valence-corrected chi connectivity index (χ1v) is 8.22. The van der Waals surface area contributed by atoms with Crippen molar-refractivity contribution in [3.05, 3.63) is 41.0 Å². The largest absolute Gasteiger partial charge is 0.466 e. The van der Waals surface area contributed by atoms with E-state index < -0.39 is 11.3 Å². The molecule has 2 heterocycles. The summed E-state index contributed by atoms with van der Waals surface area (Å²) in [5.74, 6) is -0.444. The number of hydrogen-bond donors (Lipinski definition) is 0. The predicted octanol–water partition coefficient (Wildman–Crippen LogP) is 3.41. The number of fused-ring (bicyclic) bond motifs is 2. The van der Waals surface area contributed by atoms with E-state index in [1.54, 1.807) is 17.0 Å². The number of Topliss-reactive ketones (excluding diaryl/α,β-unsaturated/α-hetero) is 1. The van der Waals surface area contributed by atoms with Gasteiger partial charge in [-0.3, -0.25) is 9.59 Å². The molecule has 1 aromatic carbocycles. The van der Waals surface area contributed by atoms with Gasteiger partial charge in [-0.1, -0.05) is 24.3 Å². The molecule has 5 nitrogen and oxygen atoms in total. The molecule has 1 amide bonds. The molecule has 0 radical (unpaired) electrons. The molecule has 3 rings (SSSR count). The average Bonchev–Trinajstić information content (AvgIpc) is 2.88. The van der Waals surface area contributed by atoms with Crippen molar-refractivity contribution in [3.8, 4) is 0 Å². The van der Waals surface area contributed by atoms with Crippen molar-refractivity contribution in [1.82, 2.24) is 4.90 Å². The van der Waals surface area contributed by atoms with Crippen LogP contribution in [0.3, 0.4) is 0 Å². The fourth-order valence-electron chi connectivity index (χ4n) is 3.73. The van der Waals surface area contributed by atoms with Crippen LogP contribution >= 0.6 is 11.6 Å². The van der Waals surface area contributed by atoms with Gasteiger partial charge in [0, 0.05) is 11.6 Å². The minimum atomic E-state index is -0.533. The van der Waals surface area contributed by atoms with E-state index in [0.29, 0.717) is 24.0 Å². The van der Waals surface area contributed by atoms with Crippen LogP contribution in [-0.4, -0.2) is 41.2 Å². The Morgan fingerprint density at radius 2 is 1.83 bits per heavy atom. The summed E-state index contributed by atoms with van der Waals surface area (Å²) >= 11 is 5.72. The summed E-state index contributed by atoms with van der Waals surface area (Å²) in [6.45, 7) is 1.51. The van der Waals surface area contributed by atoms with Crippen molar-refractivity contribution in [1.29, 1.82) is 0 Å². The predicted molar refractivity (Wildman–Crippen MR) is 89.9 cm³/mol. The first-order valence-electron chi connectivity index (χ1n) is 7.84. The van der Waals surface area contributed by atoms with E-state index in [-0.39, 0.29) is 17.9 Å². The van der Waals surface area contributed by atoms with Gasteiger partial charge in [0.05, 0.1) is 18.7 Å². The van der Waals surface area contributed by atoms with Gasteiger partial charge in [-0.05, 0) is 48.9 Å². The normalized spacial score (nSPS) is 22.5. The Hall–Kier alpha value is -2.14. The second-order valence-electron chi connectivity index (χ2n) is 6.13. The second-order valence-corrected chi connectivity index (χ2v) is 6.45. The lowest BCUT2D eigenvalue weighted by Crippen LogP contribution is -2.44. The van der Waals surface area contributed by atoms with Gasteiger partial charge in [-0.2, -0.15) is 0 Å². The number of nitrogens with zero attached hydrogens (tertiary/aromatic N) is 1. The monoisotopic (exact) mass is 347 g/mol. The van der Waals surface area contributed by atoms with Crippen molar-refractivity contribution in [3.63, 3.8) is 0 Å². The zero-order valence-corrected chi connectivity index (χ0v) is 14.3. The smallest absolute Gasteiger partial charge is 0.336 e. The zero-order valence-electron chi connectivity index (χ0n) is 13.5. The number of carbonyl (C=O) groups excluding carboxylic acids is 3. The molecule has 2 aliphatic heterocycles. The molecule has 1 aromatic rings. The molecule has 0 spiro atoms. The molecule has 2 atom stereocenters. The molecule has 0 aromatic heterocycles. The van der Waals surface area contributed by atoms with Gasteiger partial charge < -0.3 is 9.64 Å². The van der Waals surface area contributed by atoms with E-state index in [4.69, 9.17) is 16.3 Å². The Bertz CT molecular complexity index is 738. The highest BCUT2D eigenvalue weighted by Gasteiger charge is 2.46. The van der Waals surface area contributed by atoms with Crippen molar-refractivity contribution in [2.75, 3.05) is 7.11 Å². The molecule has 1 fully saturated rings. The summed E-state index contributed by atoms with van der Waals surface area (Å²) < 4.78 is 4.95. The Kier molecular flexibility index (Phi) is 4.45. The van der Waals surface area contributed by atoms with Crippen LogP contribution in [0, 0.1) is 0 Å². The lowest BCUT2D eigenvalue weighted by Gasteiger charge is -2.35. The fourth-order valence-corrected chi connectivity index (χ4v) is 3.98. The number of benzene rings is 1. The molecule has 6 heteroatoms. The van der Waals surface area contributed by atoms with Gasteiger partial charge >= 0.3 is 11.3 Å². The van der Waals surface area contributed by atoms with Crippen molar-refractivity contribution in [2.45, 2.75) is 38.3 Å². The van der Waals surface area contributed by atoms with Crippen LogP contribution in [0.2, 0.25) is 0 Å². The van der Waals surface area contributed by atoms with Crippen LogP contribution in [0.4, 0.5) is 4.79 Å². The highest BCUT2D eigenvalue weighted by Crippen LogP contribution is 2.44. The van der Waals surface area contributed by atoms with E-state index >= 15 is 0 Å². The molecule has 126 valence electrons. The second kappa shape index (κ2) is 6.40. The summed E-state index contributed by atoms with van der Waals surface area (Å²) in [5, 5.41) is -0.533. The van der Waals surface area contributed by atoms with Crippen LogP contribution in [0.5, 0.6) is 0 Å². The summed E-state index contributed by atoms with van der Waals surface area (Å²) in [5.41, 5.74) is 2.86. The average molecular weight is 348 g/mol. The number of ketones is 1. The number of amides is 1. The molecular weight excluding hydrogens is 330 g/mol. The standard InChI is InChI=1S/C18H18ClNO4/c1-10(21)11-3-5-12(6-4-11)14-9-13-7-8-15(20(13)18(19)23)16(14)17(22)24-2/h3-6,13,15H,7-9H2,1-2H3/t13-,15+/m0/s1. The number of rotatable bonds is 3. The minimum Gasteiger partial charge on any atom is -0.466 e. The molecule has 2 bridgehead atoms. The molecule has 0 unspecified atom stereocenters. The van der Waals surface area contributed by atoms with Crippen LogP contribution in [0.15, 0.2) is 29.8 Å². The van der Waals surface area contributed by atoms with E-state index in [2.05, 4.69) is 0 Å². The number of esters is 1. The third kappa shape index (κ3) is 2.73. The summed E-state index contributed by atoms with van der Waals surface area (Å²) in [6.07, 6.45) is 2.06. The van der Waals surface area contributed by atoms with Crippen LogP contribution in [-0.2, 0) is 9.53 Å². The SMILES string of the molecule is COC(=O)C1=C(c2ccc(C(C)=O)cc2)C[C@@H]2CC[C@H]1N2C(=O)Cl. The highest BCUT2D eigenvalue weighted by atomic mass is 35.5. The maximum Gasteiger partial charge on any atom is 0.336 e. The zero-order chi connectivity index (χ0) is 17.4. The molecule has 0 aliphatic carbocycles. The maximum atomic E-state index is 12.4. The molecule has 1 saturated heterocycles. The van der Waals surface area contributed by atoms with Gasteiger partial charge in [-0.15, -0.1) is 0 Å². The minimum absolute atomic E-state index is 0.00381. The van der Waals surface area contributed by atoms with Gasteiger partial charge in [0.2, 0.25) is 0 Å². The van der Waals surface area contributed by atoms with Gasteiger partial charge in [0.25, 0.3) is 0 Å². The number of hydrogen-bond acceptors (Lipinski definition) is 4. The van der Waals surface area contributed by atoms with Crippen LogP contribution in [0.25, 0.3) is 5.57 Å². The summed E-state index contributed by atoms with van der Waals surface area (Å²) in [7, 11) is 1.33. The number of ether oxygens (including phenoxy) is 1. The lowest BCUT2D eigenvalue weighted by molar-refractivity contribution is -0.136. The molecule has 0 saturated carbocycles. The topological polar surface area (TPSA) is 63.7 Å². The number of halogens is 1. The van der Waals surface area contributed by atoms with Gasteiger partial charge in [0.15, 0.2) is 5.78 Å². The lowest BCUT2D eigenvalue weighted by atomic mass is 9.88. The first kappa shape index (κ1) is 16.7. The third-order valence-corrected chi connectivity index (χ3v) is 5.04. The maximum absolute atomic E-state index is 12.4. The Morgan fingerprint density at radius 3 is 2.38 bits per heavy atom. The number of carbonyl (C=O) groups is 3. The van der Waals surface area contributed by atoms with Crippen molar-refractivity contribution >= 4 is 34.3 Å². The van der Waals surface area contributed by atoms with Gasteiger partial charge in [-0.25, -0.2) is 4.79 Å². The molecular formula is C18H18ClNO4. The molecule has 0 N–H and O–H groups in total. The summed E-state index contributed by atoms with van der Waals surface area (Å²) in [6, 6.07) is 6.83. The Labute approximate surface area is 145 Å². The molecule has 24 heavy (non-hydrogen) atoms. The van der Waals surface area contributed by atoms with Crippen molar-refractivity contribution in [2.24, 2.45) is 0 Å². The summed E-state index contributed by atoms with van der Waals surface area (Å²) in [4.78, 5) is 37.1. The fraction of sp³-hybridized carbons (Fsp3) is 0.389. The first-order chi connectivity index (χ1) is 11.4. The van der Waals surface area contributed by atoms with Crippen LogP contribution < -0.4 is 0 Å². The van der Waals surface area contributed by atoms with Gasteiger partial charge in [0.1, 0.15) is 0 Å². The van der Waals surface area contributed by atoms with Crippen LogP contribution in [0.1, 0.15) is 42.1 Å². The quantitative estimate of drug-likeness (QED) is 0.364. The Morgan fingerprint density at radius 1 is 1.17 bits per heavy atom. The molecule has 2 aliphatic rings. The van der Waals surface area contributed by atoms with E-state index in [1.807, 2.05) is 12.1 Å². The Balaban J connectivity index is 2.08.